The third kappa shape index (κ3) is 4.48. The molecule has 5 heterocycles. The lowest BCUT2D eigenvalue weighted by molar-refractivity contribution is -0.146. The molecular formula is C27H31F3N4O3. The Morgan fingerprint density at radius 1 is 1.19 bits per heavy atom. The average Bonchev–Trinajstić information content (AvgIpc) is 2.87. The van der Waals surface area contributed by atoms with Crippen LogP contribution >= 0.6 is 0 Å². The summed E-state index contributed by atoms with van der Waals surface area (Å²) in [6.45, 7) is 5.92. The van der Waals surface area contributed by atoms with Gasteiger partial charge in [0.15, 0.2) is 0 Å². The van der Waals surface area contributed by atoms with Gasteiger partial charge in [-0.05, 0) is 54.9 Å². The van der Waals surface area contributed by atoms with Crippen LogP contribution in [0.1, 0.15) is 59.4 Å². The van der Waals surface area contributed by atoms with Crippen LogP contribution in [0, 0.1) is 11.3 Å². The van der Waals surface area contributed by atoms with Crippen molar-refractivity contribution in [2.45, 2.75) is 56.8 Å². The molecule has 37 heavy (non-hydrogen) atoms. The number of carbonyl (C=O) groups excluding carboxylic acids is 1. The highest BCUT2D eigenvalue weighted by Crippen LogP contribution is 2.47. The maximum atomic E-state index is 13.0. The maximum Gasteiger partial charge on any atom is 0.433 e. The van der Waals surface area contributed by atoms with Crippen molar-refractivity contribution in [2.75, 3.05) is 37.9 Å². The summed E-state index contributed by atoms with van der Waals surface area (Å²) in [5.74, 6) is 0.0996. The zero-order chi connectivity index (χ0) is 25.8. The molecule has 2 saturated heterocycles. The number of nitrogens with zero attached hydrogens (tertiary/aromatic N) is 3. The van der Waals surface area contributed by atoms with Crippen molar-refractivity contribution in [3.8, 4) is 0 Å². The van der Waals surface area contributed by atoms with Crippen molar-refractivity contribution < 1.29 is 27.4 Å². The molecule has 4 atom stereocenters. The van der Waals surface area contributed by atoms with Gasteiger partial charge in [0, 0.05) is 42.4 Å². The van der Waals surface area contributed by atoms with Crippen LogP contribution in [-0.4, -0.2) is 60.9 Å². The molecule has 3 fully saturated rings. The van der Waals surface area contributed by atoms with Crippen LogP contribution in [-0.2, 0) is 22.1 Å². The minimum absolute atomic E-state index is 0.0276. The Bertz CT molecular complexity index is 1190. The van der Waals surface area contributed by atoms with Crippen LogP contribution in [0.2, 0.25) is 0 Å². The van der Waals surface area contributed by atoms with Gasteiger partial charge in [-0.25, -0.2) is 0 Å². The normalized spacial score (nSPS) is 28.7. The molecular weight excluding hydrogens is 485 g/mol. The third-order valence-electron chi connectivity index (χ3n) is 8.68. The molecule has 0 aromatic carbocycles. The molecule has 4 aliphatic rings. The highest BCUT2D eigenvalue weighted by atomic mass is 19.4. The molecule has 1 aliphatic carbocycles. The number of pyridine rings is 2. The summed E-state index contributed by atoms with van der Waals surface area (Å²) in [5.41, 5.74) is 2.43. The number of aromatic nitrogens is 2. The predicted octanol–water partition coefficient (Wildman–Crippen LogP) is 3.98. The molecule has 0 bridgehead atoms. The second-order valence-corrected chi connectivity index (χ2v) is 11.0. The minimum Gasteiger partial charge on any atom is -0.380 e. The standard InChI is InChI=1S/C27H31F3N4O3/c1-16-2-3-19(33-25(35)17-4-5-31-23(9-17)27(28,29)30)10-20(16)18-8-22-21(32-12-18)11-26(14-37-15-26)24-13-36-7-6-34(22)24/h4-5,8-9,12,16,19-20,24H,2-3,6-7,10-11,13-15H2,1H3,(H,33,35). The van der Waals surface area contributed by atoms with Crippen molar-refractivity contribution in [1.82, 2.24) is 15.3 Å². The van der Waals surface area contributed by atoms with E-state index in [0.29, 0.717) is 19.1 Å². The number of anilines is 1. The van der Waals surface area contributed by atoms with Crippen molar-refractivity contribution in [1.29, 1.82) is 0 Å². The van der Waals surface area contributed by atoms with Gasteiger partial charge in [0.1, 0.15) is 5.69 Å². The number of carbonyl (C=O) groups is 1. The molecule has 2 aromatic rings. The smallest absolute Gasteiger partial charge is 0.380 e. The van der Waals surface area contributed by atoms with Crippen LogP contribution in [0.25, 0.3) is 0 Å². The summed E-state index contributed by atoms with van der Waals surface area (Å²) in [6, 6.07) is 4.57. The van der Waals surface area contributed by atoms with Crippen LogP contribution in [0.4, 0.5) is 18.9 Å². The van der Waals surface area contributed by atoms with E-state index in [0.717, 1.165) is 69.0 Å². The number of nitrogens with one attached hydrogen (secondary N) is 1. The number of amides is 1. The second-order valence-electron chi connectivity index (χ2n) is 11.0. The lowest BCUT2D eigenvalue weighted by Crippen LogP contribution is -2.65. The van der Waals surface area contributed by atoms with E-state index in [1.165, 1.54) is 11.8 Å². The number of hydrogen-bond acceptors (Lipinski definition) is 6. The minimum atomic E-state index is -4.59. The molecule has 4 unspecified atom stereocenters. The third-order valence-corrected chi connectivity index (χ3v) is 8.68. The Hall–Kier alpha value is -2.72. The topological polar surface area (TPSA) is 76.6 Å². The summed E-state index contributed by atoms with van der Waals surface area (Å²) in [5, 5.41) is 2.97. The molecule has 6 rings (SSSR count). The summed E-state index contributed by atoms with van der Waals surface area (Å²) in [6.07, 6.45) is 1.72. The zero-order valence-corrected chi connectivity index (χ0v) is 20.8. The number of ether oxygens (including phenoxy) is 2. The van der Waals surface area contributed by atoms with Gasteiger partial charge >= 0.3 is 6.18 Å². The van der Waals surface area contributed by atoms with Crippen molar-refractivity contribution in [3.05, 3.63) is 53.1 Å². The van der Waals surface area contributed by atoms with Gasteiger partial charge in [0.2, 0.25) is 0 Å². The van der Waals surface area contributed by atoms with Crippen molar-refractivity contribution >= 4 is 11.6 Å². The van der Waals surface area contributed by atoms with Gasteiger partial charge < -0.3 is 19.7 Å². The fourth-order valence-corrected chi connectivity index (χ4v) is 6.51. The number of rotatable bonds is 3. The van der Waals surface area contributed by atoms with E-state index in [2.05, 4.69) is 28.2 Å². The monoisotopic (exact) mass is 516 g/mol. The van der Waals surface area contributed by atoms with Crippen molar-refractivity contribution in [2.24, 2.45) is 11.3 Å². The summed E-state index contributed by atoms with van der Waals surface area (Å²) >= 11 is 0. The molecule has 1 saturated carbocycles. The van der Waals surface area contributed by atoms with Gasteiger partial charge in [-0.2, -0.15) is 13.2 Å². The Morgan fingerprint density at radius 3 is 2.78 bits per heavy atom. The van der Waals surface area contributed by atoms with E-state index in [1.807, 2.05) is 6.20 Å². The van der Waals surface area contributed by atoms with Gasteiger partial charge in [0.05, 0.1) is 43.9 Å². The fraction of sp³-hybridized carbons (Fsp3) is 0.593. The molecule has 1 N–H and O–H groups in total. The number of hydrogen-bond donors (Lipinski definition) is 1. The zero-order valence-electron chi connectivity index (χ0n) is 20.8. The van der Waals surface area contributed by atoms with E-state index in [4.69, 9.17) is 14.5 Å². The molecule has 198 valence electrons. The highest BCUT2D eigenvalue weighted by Gasteiger charge is 2.53. The molecule has 3 aliphatic heterocycles. The molecule has 0 radical (unpaired) electrons. The molecule has 1 spiro atoms. The molecule has 10 heteroatoms. The summed E-state index contributed by atoms with van der Waals surface area (Å²) in [7, 11) is 0. The first-order valence-electron chi connectivity index (χ1n) is 13.0. The SMILES string of the molecule is CC1CCC(NC(=O)c2ccnc(C(F)(F)F)c2)CC1c1cnc2c(c1)N1CCOCC1C1(COC1)C2. The summed E-state index contributed by atoms with van der Waals surface area (Å²) < 4.78 is 50.6. The molecule has 1 amide bonds. The highest BCUT2D eigenvalue weighted by molar-refractivity contribution is 5.94. The predicted molar refractivity (Wildman–Crippen MR) is 129 cm³/mol. The Morgan fingerprint density at radius 2 is 2.03 bits per heavy atom. The Balaban J connectivity index is 1.20. The first-order valence-corrected chi connectivity index (χ1v) is 13.0. The Labute approximate surface area is 213 Å². The van der Waals surface area contributed by atoms with Crippen LogP contribution in [0.5, 0.6) is 0 Å². The Kier molecular flexibility index (Phi) is 6.14. The van der Waals surface area contributed by atoms with E-state index in [1.54, 1.807) is 0 Å². The van der Waals surface area contributed by atoms with E-state index in [9.17, 15) is 18.0 Å². The van der Waals surface area contributed by atoms with Gasteiger partial charge in [0.25, 0.3) is 5.91 Å². The van der Waals surface area contributed by atoms with E-state index in [-0.39, 0.29) is 29.0 Å². The summed E-state index contributed by atoms with van der Waals surface area (Å²) in [4.78, 5) is 23.5. The number of fused-ring (bicyclic) bond motifs is 4. The first kappa shape index (κ1) is 24.6. The lowest BCUT2D eigenvalue weighted by atomic mass is 9.70. The second kappa shape index (κ2) is 9.23. The van der Waals surface area contributed by atoms with Crippen LogP contribution in [0.3, 0.4) is 0 Å². The lowest BCUT2D eigenvalue weighted by Gasteiger charge is -2.56. The largest absolute Gasteiger partial charge is 0.433 e. The molecule has 7 nitrogen and oxygen atoms in total. The number of morpholine rings is 1. The van der Waals surface area contributed by atoms with Gasteiger partial charge in [-0.3, -0.25) is 14.8 Å². The van der Waals surface area contributed by atoms with Gasteiger partial charge in [-0.15, -0.1) is 0 Å². The number of alkyl halides is 3. The number of halogens is 3. The van der Waals surface area contributed by atoms with Gasteiger partial charge in [-0.1, -0.05) is 6.92 Å². The first-order chi connectivity index (χ1) is 17.7. The van der Waals surface area contributed by atoms with E-state index >= 15 is 0 Å². The fourth-order valence-electron chi connectivity index (χ4n) is 6.51. The van der Waals surface area contributed by atoms with Crippen LogP contribution in [0.15, 0.2) is 30.6 Å². The quantitative estimate of drug-likeness (QED) is 0.665. The molecule has 2 aromatic heterocycles. The van der Waals surface area contributed by atoms with E-state index < -0.39 is 17.8 Å². The average molecular weight is 517 g/mol. The van der Waals surface area contributed by atoms with Crippen molar-refractivity contribution in [3.63, 3.8) is 0 Å². The van der Waals surface area contributed by atoms with Crippen LogP contribution < -0.4 is 10.2 Å². The maximum absolute atomic E-state index is 13.0.